The number of carbonyl (C=O) groups is 2. The van der Waals surface area contributed by atoms with Gasteiger partial charge < -0.3 is 14.6 Å². The van der Waals surface area contributed by atoms with Gasteiger partial charge in [-0.25, -0.2) is 9.59 Å². The Labute approximate surface area is 112 Å². The van der Waals surface area contributed by atoms with Crippen LogP contribution < -0.4 is 9.47 Å². The van der Waals surface area contributed by atoms with Crippen molar-refractivity contribution < 1.29 is 24.2 Å². The lowest BCUT2D eigenvalue weighted by molar-refractivity contribution is 0.0702. The number of nitrogens with zero attached hydrogens (tertiary/aromatic N) is 1. The van der Waals surface area contributed by atoms with E-state index >= 15 is 0 Å². The molecule has 19 heavy (non-hydrogen) atoms. The van der Waals surface area contributed by atoms with Crippen LogP contribution in [0.3, 0.4) is 0 Å². The second-order valence-corrected chi connectivity index (χ2v) is 4.26. The summed E-state index contributed by atoms with van der Waals surface area (Å²) < 4.78 is 13.8. The van der Waals surface area contributed by atoms with Gasteiger partial charge in [-0.3, -0.25) is 0 Å². The van der Waals surface area contributed by atoms with E-state index in [1.54, 1.807) is 24.3 Å². The largest absolute Gasteiger partial charge is 0.497 e. The zero-order valence-corrected chi connectivity index (χ0v) is 10.6. The molecule has 2 rings (SSSR count). The van der Waals surface area contributed by atoms with E-state index in [9.17, 15) is 9.59 Å². The molecule has 0 saturated carbocycles. The van der Waals surface area contributed by atoms with Crippen molar-refractivity contribution >= 4 is 23.5 Å². The molecule has 0 saturated heterocycles. The molecule has 0 aliphatic rings. The highest BCUT2D eigenvalue weighted by atomic mass is 32.1. The second-order valence-electron chi connectivity index (χ2n) is 3.45. The number of aromatic nitrogens is 1. The number of hydrogen-bond donors (Lipinski definition) is 1. The summed E-state index contributed by atoms with van der Waals surface area (Å²) in [5, 5.41) is 8.74. The normalized spacial score (nSPS) is 9.95. The van der Waals surface area contributed by atoms with Crippen LogP contribution in [-0.2, 0) is 0 Å². The van der Waals surface area contributed by atoms with Crippen LogP contribution in [0, 0.1) is 0 Å². The minimum Gasteiger partial charge on any atom is -0.497 e. The molecule has 0 unspecified atom stereocenters. The minimum absolute atomic E-state index is 0.0161. The monoisotopic (exact) mass is 279 g/mol. The third-order valence-electron chi connectivity index (χ3n) is 2.18. The van der Waals surface area contributed by atoms with Gasteiger partial charge >= 0.3 is 11.9 Å². The van der Waals surface area contributed by atoms with Crippen LogP contribution in [0.15, 0.2) is 30.3 Å². The van der Waals surface area contributed by atoms with E-state index in [4.69, 9.17) is 14.6 Å². The molecule has 1 N–H and O–H groups in total. The highest BCUT2D eigenvalue weighted by Crippen LogP contribution is 2.20. The number of ether oxygens (including phenoxy) is 2. The second kappa shape index (κ2) is 5.49. The molecule has 6 nitrogen and oxygen atoms in total. The van der Waals surface area contributed by atoms with Gasteiger partial charge in [0.1, 0.15) is 16.4 Å². The molecule has 0 amide bonds. The number of benzene rings is 1. The Morgan fingerprint density at radius 3 is 2.63 bits per heavy atom. The third-order valence-corrected chi connectivity index (χ3v) is 2.96. The van der Waals surface area contributed by atoms with E-state index in [0.29, 0.717) is 11.5 Å². The number of carbonyl (C=O) groups excluding carboxylic acids is 1. The molecule has 1 aromatic carbocycles. The highest BCUT2D eigenvalue weighted by Gasteiger charge is 2.16. The zero-order chi connectivity index (χ0) is 13.8. The van der Waals surface area contributed by atoms with Crippen molar-refractivity contribution in [3.05, 3.63) is 40.9 Å². The van der Waals surface area contributed by atoms with E-state index in [-0.39, 0.29) is 10.6 Å². The van der Waals surface area contributed by atoms with E-state index in [1.165, 1.54) is 13.2 Å². The maximum Gasteiger partial charge on any atom is 0.363 e. The molecule has 0 aliphatic carbocycles. The predicted octanol–water partition coefficient (Wildman–Crippen LogP) is 2.07. The Balaban J connectivity index is 2.13. The number of rotatable bonds is 4. The first-order valence-electron chi connectivity index (χ1n) is 5.16. The van der Waals surface area contributed by atoms with Crippen LogP contribution in [0.5, 0.6) is 11.5 Å². The van der Waals surface area contributed by atoms with Crippen molar-refractivity contribution in [1.82, 2.24) is 4.37 Å². The summed E-state index contributed by atoms with van der Waals surface area (Å²) in [5.74, 6) is -0.987. The van der Waals surface area contributed by atoms with Crippen LogP contribution in [0.1, 0.15) is 20.2 Å². The lowest BCUT2D eigenvalue weighted by Gasteiger charge is -2.04. The molecule has 0 atom stereocenters. The third kappa shape index (κ3) is 3.08. The van der Waals surface area contributed by atoms with E-state index in [2.05, 4.69) is 4.37 Å². The fourth-order valence-corrected chi connectivity index (χ4v) is 1.86. The van der Waals surface area contributed by atoms with Crippen molar-refractivity contribution in [2.75, 3.05) is 7.11 Å². The van der Waals surface area contributed by atoms with Gasteiger partial charge in [0, 0.05) is 6.07 Å². The fraction of sp³-hybridized carbons (Fsp3) is 0.0833. The van der Waals surface area contributed by atoms with Gasteiger partial charge in [-0.1, -0.05) is 6.07 Å². The van der Waals surface area contributed by atoms with Crippen molar-refractivity contribution in [3.63, 3.8) is 0 Å². The van der Waals surface area contributed by atoms with Gasteiger partial charge in [-0.15, -0.1) is 0 Å². The van der Waals surface area contributed by atoms with Gasteiger partial charge in [0.25, 0.3) is 0 Å². The predicted molar refractivity (Wildman–Crippen MR) is 67.0 cm³/mol. The van der Waals surface area contributed by atoms with Gasteiger partial charge in [-0.05, 0) is 29.7 Å². The van der Waals surface area contributed by atoms with Crippen LogP contribution in [0.25, 0.3) is 0 Å². The zero-order valence-electron chi connectivity index (χ0n) is 9.82. The van der Waals surface area contributed by atoms with Crippen LogP contribution in [0.2, 0.25) is 0 Å². The molecule has 1 heterocycles. The summed E-state index contributed by atoms with van der Waals surface area (Å²) in [5.41, 5.74) is -0.0368. The number of carboxylic acid groups (broad SMARTS) is 1. The first kappa shape index (κ1) is 13.0. The summed E-state index contributed by atoms with van der Waals surface area (Å²) >= 11 is 0.729. The topological polar surface area (TPSA) is 85.7 Å². The van der Waals surface area contributed by atoms with Crippen molar-refractivity contribution in [2.24, 2.45) is 0 Å². The molecule has 0 radical (unpaired) electrons. The molecule has 98 valence electrons. The smallest absolute Gasteiger partial charge is 0.363 e. The van der Waals surface area contributed by atoms with Gasteiger partial charge in [0.05, 0.1) is 7.11 Å². The quantitative estimate of drug-likeness (QED) is 0.681. The maximum atomic E-state index is 11.7. The summed E-state index contributed by atoms with van der Waals surface area (Å²) in [6.45, 7) is 0. The average molecular weight is 279 g/mol. The van der Waals surface area contributed by atoms with Gasteiger partial charge in [0.15, 0.2) is 5.69 Å². The molecule has 2 aromatic rings. The van der Waals surface area contributed by atoms with Gasteiger partial charge in [-0.2, -0.15) is 4.37 Å². The number of aromatic carboxylic acids is 1. The number of methoxy groups -OCH3 is 1. The summed E-state index contributed by atoms with van der Waals surface area (Å²) in [7, 11) is 1.50. The standard InChI is InChI=1S/C12H9NO5S/c1-17-7-3-2-4-8(5-7)18-12(16)9-6-10(11(14)15)19-13-9/h2-6H,1H3,(H,14,15). The fourth-order valence-electron chi connectivity index (χ4n) is 1.30. The molecule has 0 aliphatic heterocycles. The number of esters is 1. The minimum atomic E-state index is -1.13. The molecular weight excluding hydrogens is 270 g/mol. The Morgan fingerprint density at radius 2 is 2.00 bits per heavy atom. The van der Waals surface area contributed by atoms with Crippen LogP contribution in [0.4, 0.5) is 0 Å². The summed E-state index contributed by atoms with van der Waals surface area (Å²) in [4.78, 5) is 22.4. The van der Waals surface area contributed by atoms with E-state index in [1.807, 2.05) is 0 Å². The van der Waals surface area contributed by atoms with Crippen LogP contribution >= 0.6 is 11.5 Å². The van der Waals surface area contributed by atoms with Gasteiger partial charge in [0.2, 0.25) is 0 Å². The van der Waals surface area contributed by atoms with Crippen molar-refractivity contribution in [1.29, 1.82) is 0 Å². The van der Waals surface area contributed by atoms with Crippen LogP contribution in [-0.4, -0.2) is 28.5 Å². The molecule has 0 fully saturated rings. The lowest BCUT2D eigenvalue weighted by Crippen LogP contribution is -2.08. The van der Waals surface area contributed by atoms with Crippen molar-refractivity contribution in [2.45, 2.75) is 0 Å². The SMILES string of the molecule is COc1cccc(OC(=O)c2cc(C(=O)O)sn2)c1. The molecule has 0 spiro atoms. The lowest BCUT2D eigenvalue weighted by atomic mass is 10.3. The Bertz CT molecular complexity index is 622. The Kier molecular flexibility index (Phi) is 3.76. The highest BCUT2D eigenvalue weighted by molar-refractivity contribution is 7.08. The first-order chi connectivity index (χ1) is 9.10. The van der Waals surface area contributed by atoms with Crippen molar-refractivity contribution in [3.8, 4) is 11.5 Å². The number of hydrogen-bond acceptors (Lipinski definition) is 6. The average Bonchev–Trinajstić information content (AvgIpc) is 2.89. The first-order valence-corrected chi connectivity index (χ1v) is 5.93. The van der Waals surface area contributed by atoms with E-state index < -0.39 is 11.9 Å². The molecule has 0 bridgehead atoms. The summed E-state index contributed by atoms with van der Waals surface area (Å²) in [6, 6.07) is 7.69. The summed E-state index contributed by atoms with van der Waals surface area (Å²) in [6.07, 6.45) is 0. The van der Waals surface area contributed by atoms with E-state index in [0.717, 1.165) is 11.5 Å². The molecule has 7 heteroatoms. The Hall–Kier alpha value is -2.41. The Morgan fingerprint density at radius 1 is 1.26 bits per heavy atom. The molecular formula is C12H9NO5S. The maximum absolute atomic E-state index is 11.7. The molecule has 1 aromatic heterocycles. The number of carboxylic acids is 1.